The van der Waals surface area contributed by atoms with Gasteiger partial charge >= 0.3 is 0 Å². The molecule has 1 aliphatic heterocycles. The van der Waals surface area contributed by atoms with Crippen LogP contribution in [0.3, 0.4) is 0 Å². The molecule has 0 spiro atoms. The van der Waals surface area contributed by atoms with E-state index < -0.39 is 0 Å². The molecular formula is C20H17FN4O2. The highest BCUT2D eigenvalue weighted by Crippen LogP contribution is 2.22. The number of carbonyl (C=O) groups excluding carboxylic acids is 1. The number of nitrogens with zero attached hydrogens (tertiary/aromatic N) is 3. The summed E-state index contributed by atoms with van der Waals surface area (Å²) in [6.07, 6.45) is 3.02. The molecule has 6 nitrogen and oxygen atoms in total. The van der Waals surface area contributed by atoms with E-state index in [1.165, 1.54) is 18.3 Å². The van der Waals surface area contributed by atoms with Crippen LogP contribution >= 0.6 is 0 Å². The Labute approximate surface area is 155 Å². The van der Waals surface area contributed by atoms with Crippen LogP contribution in [0.1, 0.15) is 10.4 Å². The second-order valence-corrected chi connectivity index (χ2v) is 6.31. The zero-order chi connectivity index (χ0) is 18.8. The molecule has 136 valence electrons. The van der Waals surface area contributed by atoms with Gasteiger partial charge < -0.3 is 15.4 Å². The van der Waals surface area contributed by atoms with Gasteiger partial charge in [-0.2, -0.15) is 0 Å². The minimum Gasteiger partial charge on any atom is -0.487 e. The van der Waals surface area contributed by atoms with Crippen LogP contribution in [0, 0.1) is 5.82 Å². The van der Waals surface area contributed by atoms with E-state index in [-0.39, 0.29) is 17.8 Å². The quantitative estimate of drug-likeness (QED) is 0.770. The third kappa shape index (κ3) is 3.72. The zero-order valence-electron chi connectivity index (χ0n) is 14.4. The normalized spacial score (nSPS) is 13.9. The first-order valence-corrected chi connectivity index (χ1v) is 8.48. The van der Waals surface area contributed by atoms with Crippen molar-refractivity contribution >= 4 is 11.7 Å². The lowest BCUT2D eigenvalue weighted by atomic mass is 10.1. The lowest BCUT2D eigenvalue weighted by molar-refractivity contribution is 0.0178. The summed E-state index contributed by atoms with van der Waals surface area (Å²) in [6, 6.07) is 13.0. The van der Waals surface area contributed by atoms with E-state index in [4.69, 9.17) is 10.5 Å². The molecule has 0 aliphatic carbocycles. The molecule has 0 unspecified atom stereocenters. The van der Waals surface area contributed by atoms with Crippen molar-refractivity contribution in [1.29, 1.82) is 0 Å². The Hall–Kier alpha value is -3.48. The summed E-state index contributed by atoms with van der Waals surface area (Å²) >= 11 is 0. The van der Waals surface area contributed by atoms with Gasteiger partial charge in [-0.25, -0.2) is 9.37 Å². The fraction of sp³-hybridized carbons (Fsp3) is 0.150. The number of benzene rings is 2. The first kappa shape index (κ1) is 17.0. The van der Waals surface area contributed by atoms with Crippen LogP contribution in [0.4, 0.5) is 10.2 Å². The summed E-state index contributed by atoms with van der Waals surface area (Å²) in [4.78, 5) is 22.5. The van der Waals surface area contributed by atoms with Gasteiger partial charge in [-0.1, -0.05) is 12.1 Å². The highest BCUT2D eigenvalue weighted by atomic mass is 19.1. The second kappa shape index (κ2) is 7.03. The molecule has 0 saturated carbocycles. The van der Waals surface area contributed by atoms with Gasteiger partial charge in [-0.15, -0.1) is 0 Å². The Morgan fingerprint density at radius 3 is 2.44 bits per heavy atom. The van der Waals surface area contributed by atoms with Crippen molar-refractivity contribution in [2.24, 2.45) is 0 Å². The first-order chi connectivity index (χ1) is 13.1. The number of nitrogen functional groups attached to an aromatic ring is 1. The van der Waals surface area contributed by atoms with E-state index in [0.717, 1.165) is 5.56 Å². The van der Waals surface area contributed by atoms with Gasteiger partial charge in [0.25, 0.3) is 5.91 Å². The Morgan fingerprint density at radius 1 is 1.07 bits per heavy atom. The van der Waals surface area contributed by atoms with Crippen molar-refractivity contribution in [2.45, 2.75) is 6.10 Å². The molecule has 2 N–H and O–H groups in total. The fourth-order valence-electron chi connectivity index (χ4n) is 2.87. The summed E-state index contributed by atoms with van der Waals surface area (Å²) in [5.74, 6) is 0.584. The summed E-state index contributed by atoms with van der Waals surface area (Å²) < 4.78 is 18.6. The van der Waals surface area contributed by atoms with Gasteiger partial charge in [-0.05, 0) is 36.4 Å². The van der Waals surface area contributed by atoms with Gasteiger partial charge in [-0.3, -0.25) is 9.78 Å². The van der Waals surface area contributed by atoms with E-state index in [9.17, 15) is 9.18 Å². The largest absolute Gasteiger partial charge is 0.487 e. The van der Waals surface area contributed by atoms with Gasteiger partial charge in [0, 0.05) is 11.1 Å². The van der Waals surface area contributed by atoms with E-state index in [2.05, 4.69) is 9.97 Å². The second-order valence-electron chi connectivity index (χ2n) is 6.31. The number of rotatable bonds is 4. The van der Waals surface area contributed by atoms with Crippen LogP contribution in [0.2, 0.25) is 0 Å². The molecule has 1 aromatic heterocycles. The number of amides is 1. The third-order valence-corrected chi connectivity index (χ3v) is 4.33. The minimum absolute atomic E-state index is 0.0563. The maximum Gasteiger partial charge on any atom is 0.254 e. The summed E-state index contributed by atoms with van der Waals surface area (Å²) in [5, 5.41) is 0. The number of aromatic nitrogens is 2. The average Bonchev–Trinajstić information content (AvgIpc) is 2.65. The maximum atomic E-state index is 12.9. The number of halogens is 1. The first-order valence-electron chi connectivity index (χ1n) is 8.48. The van der Waals surface area contributed by atoms with E-state index in [0.29, 0.717) is 35.9 Å². The van der Waals surface area contributed by atoms with Crippen LogP contribution in [0.5, 0.6) is 5.75 Å². The molecule has 27 heavy (non-hydrogen) atoms. The predicted molar refractivity (Wildman–Crippen MR) is 98.6 cm³/mol. The van der Waals surface area contributed by atoms with Gasteiger partial charge in [0.05, 0.1) is 31.2 Å². The van der Waals surface area contributed by atoms with Gasteiger partial charge in [0.1, 0.15) is 23.5 Å². The highest BCUT2D eigenvalue weighted by molar-refractivity contribution is 5.95. The van der Waals surface area contributed by atoms with Crippen LogP contribution in [-0.4, -0.2) is 40.0 Å². The minimum atomic E-state index is -0.305. The molecule has 3 aromatic rings. The highest BCUT2D eigenvalue weighted by Gasteiger charge is 2.32. The van der Waals surface area contributed by atoms with Crippen molar-refractivity contribution in [3.8, 4) is 17.0 Å². The number of hydrogen-bond acceptors (Lipinski definition) is 5. The molecule has 0 atom stereocenters. The Balaban J connectivity index is 1.36. The van der Waals surface area contributed by atoms with Crippen molar-refractivity contribution in [3.63, 3.8) is 0 Å². The lowest BCUT2D eigenvalue weighted by Gasteiger charge is -2.39. The zero-order valence-corrected chi connectivity index (χ0v) is 14.4. The van der Waals surface area contributed by atoms with Crippen molar-refractivity contribution < 1.29 is 13.9 Å². The molecule has 1 fully saturated rings. The van der Waals surface area contributed by atoms with Crippen molar-refractivity contribution in [2.75, 3.05) is 18.8 Å². The summed E-state index contributed by atoms with van der Waals surface area (Å²) in [7, 11) is 0. The SMILES string of the molecule is Nc1cncc(-c2ccc(C(=O)N3CC(Oc4ccc(F)cc4)C3)cc2)n1. The Kier molecular flexibility index (Phi) is 4.42. The Morgan fingerprint density at radius 2 is 1.78 bits per heavy atom. The van der Waals surface area contributed by atoms with Crippen LogP contribution in [0.15, 0.2) is 60.9 Å². The van der Waals surface area contributed by atoms with Gasteiger partial charge in [0.15, 0.2) is 0 Å². The predicted octanol–water partition coefficient (Wildman–Crippen LogP) is 2.77. The Bertz CT molecular complexity index is 954. The van der Waals surface area contributed by atoms with Crippen LogP contribution in [-0.2, 0) is 0 Å². The molecule has 1 saturated heterocycles. The monoisotopic (exact) mass is 364 g/mol. The molecule has 1 aliphatic rings. The molecular weight excluding hydrogens is 347 g/mol. The van der Waals surface area contributed by atoms with Crippen LogP contribution < -0.4 is 10.5 Å². The smallest absolute Gasteiger partial charge is 0.254 e. The fourth-order valence-corrected chi connectivity index (χ4v) is 2.87. The average molecular weight is 364 g/mol. The molecule has 1 amide bonds. The number of hydrogen-bond donors (Lipinski definition) is 1. The molecule has 7 heteroatoms. The topological polar surface area (TPSA) is 81.3 Å². The summed E-state index contributed by atoms with van der Waals surface area (Å²) in [5.41, 5.74) is 7.74. The molecule has 2 heterocycles. The number of likely N-dealkylation sites (tertiary alicyclic amines) is 1. The van der Waals surface area contributed by atoms with E-state index in [1.54, 1.807) is 35.4 Å². The molecule has 2 aromatic carbocycles. The van der Waals surface area contributed by atoms with Crippen molar-refractivity contribution in [1.82, 2.24) is 14.9 Å². The lowest BCUT2D eigenvalue weighted by Crippen LogP contribution is -2.56. The van der Waals surface area contributed by atoms with Gasteiger partial charge in [0.2, 0.25) is 0 Å². The molecule has 0 bridgehead atoms. The summed E-state index contributed by atoms with van der Waals surface area (Å²) in [6.45, 7) is 0.997. The van der Waals surface area contributed by atoms with Crippen LogP contribution in [0.25, 0.3) is 11.3 Å². The molecule has 0 radical (unpaired) electrons. The van der Waals surface area contributed by atoms with E-state index >= 15 is 0 Å². The third-order valence-electron chi connectivity index (χ3n) is 4.33. The number of carbonyl (C=O) groups is 1. The standard InChI is InChI=1S/C20H17FN4O2/c21-15-5-7-16(8-6-15)27-17-11-25(12-17)20(26)14-3-1-13(2-4-14)18-9-23-10-19(22)24-18/h1-10,17H,11-12H2,(H2,22,24). The van der Waals surface area contributed by atoms with Crippen molar-refractivity contribution in [3.05, 3.63) is 72.3 Å². The molecule has 4 rings (SSSR count). The number of ether oxygens (including phenoxy) is 1. The number of anilines is 1. The maximum absolute atomic E-state index is 12.9. The number of nitrogens with two attached hydrogens (primary N) is 1. The van der Waals surface area contributed by atoms with E-state index in [1.807, 2.05) is 12.1 Å².